The van der Waals surface area contributed by atoms with Gasteiger partial charge in [0.15, 0.2) is 0 Å². The molecule has 5 heterocycles. The molecule has 0 radical (unpaired) electrons. The van der Waals surface area contributed by atoms with Gasteiger partial charge in [-0.05, 0) is 138 Å². The van der Waals surface area contributed by atoms with Crippen LogP contribution in [0.4, 0.5) is 15.3 Å². The molecule has 642 valence electrons. The number of anilines is 1. The lowest BCUT2D eigenvalue weighted by molar-refractivity contribution is -0.153. The van der Waals surface area contributed by atoms with Crippen molar-refractivity contribution in [1.29, 1.82) is 0 Å². The summed E-state index contributed by atoms with van der Waals surface area (Å²) in [5.74, 6) is -7.24. The number of rotatable bonds is 37. The van der Waals surface area contributed by atoms with Crippen LogP contribution in [0, 0.1) is 5.92 Å². The van der Waals surface area contributed by atoms with Gasteiger partial charge in [0.2, 0.25) is 53.2 Å². The molecule has 0 aliphatic carbocycles. The second-order valence-corrected chi connectivity index (χ2v) is 30.6. The van der Waals surface area contributed by atoms with Crippen molar-refractivity contribution in [2.24, 2.45) is 11.7 Å². The van der Waals surface area contributed by atoms with Gasteiger partial charge in [-0.1, -0.05) is 208 Å². The average Bonchev–Trinajstić information content (AvgIpc) is 1.62. The predicted octanol–water partition coefficient (Wildman–Crippen LogP) is 12.2. The molecule has 0 unspecified atom stereocenters. The number of carbonyl (C=O) groups is 11. The molecule has 3 atom stereocenters. The Labute approximate surface area is 723 Å². The van der Waals surface area contributed by atoms with Gasteiger partial charge in [-0.2, -0.15) is 0 Å². The number of hydrogen-bond acceptors (Lipinski definition) is 16. The van der Waals surface area contributed by atoms with E-state index < -0.39 is 116 Å². The summed E-state index contributed by atoms with van der Waals surface area (Å²) in [6.45, 7) is 1.26. The van der Waals surface area contributed by atoms with Gasteiger partial charge in [-0.25, -0.2) is 19.6 Å². The molecule has 10 aromatic rings. The summed E-state index contributed by atoms with van der Waals surface area (Å²) in [7, 11) is 2.69. The summed E-state index contributed by atoms with van der Waals surface area (Å²) in [5, 5.41) is 18.6. The van der Waals surface area contributed by atoms with Crippen LogP contribution < -0.4 is 43.0 Å². The Kier molecular flexibility index (Phi) is 31.5. The molecule has 3 aromatic heterocycles. The Morgan fingerprint density at radius 1 is 0.408 bits per heavy atom. The van der Waals surface area contributed by atoms with Gasteiger partial charge in [0, 0.05) is 96.5 Å². The second-order valence-electron chi connectivity index (χ2n) is 30.6. The lowest BCUT2D eigenvalue weighted by atomic mass is 10.0. The third-order valence-corrected chi connectivity index (χ3v) is 20.7. The highest BCUT2D eigenvalue weighted by atomic mass is 16.6. The monoisotopic (exact) mass is 1680 g/mol. The zero-order valence-electron chi connectivity index (χ0n) is 70.0. The molecule has 12 rings (SSSR count). The number of fused-ring (bicyclic) bond motifs is 8. The second kappa shape index (κ2) is 44.0. The number of benzene rings is 7. The summed E-state index contributed by atoms with van der Waals surface area (Å²) in [5.41, 5.74) is 21.5. The maximum atomic E-state index is 15.0. The van der Waals surface area contributed by atoms with Crippen LogP contribution >= 0.6 is 0 Å². The van der Waals surface area contributed by atoms with Crippen molar-refractivity contribution in [3.63, 3.8) is 0 Å². The first-order chi connectivity index (χ1) is 60.6. The van der Waals surface area contributed by atoms with Crippen molar-refractivity contribution in [3.8, 4) is 44.5 Å². The first kappa shape index (κ1) is 89.3. The number of hydrogen-bond donors (Lipinski definition) is 10. The zero-order valence-corrected chi connectivity index (χ0v) is 70.0. The van der Waals surface area contributed by atoms with Crippen molar-refractivity contribution >= 4 is 117 Å². The molecule has 28 nitrogen and oxygen atoms in total. The molecule has 28 heteroatoms. The highest BCUT2D eigenvalue weighted by Crippen LogP contribution is 2.39. The molecule has 125 heavy (non-hydrogen) atoms. The molecule has 2 aliphatic heterocycles. The van der Waals surface area contributed by atoms with Gasteiger partial charge in [0.1, 0.15) is 44.4 Å². The van der Waals surface area contributed by atoms with Gasteiger partial charge in [-0.15, -0.1) is 0 Å². The molecule has 11 amide bonds. The topological polar surface area (TPSA) is 384 Å². The molecule has 2 aliphatic rings. The van der Waals surface area contributed by atoms with E-state index in [1.165, 1.54) is 14.1 Å². The Balaban J connectivity index is 0.746. The van der Waals surface area contributed by atoms with Crippen LogP contribution in [-0.2, 0) is 72.3 Å². The van der Waals surface area contributed by atoms with Crippen molar-refractivity contribution in [3.05, 3.63) is 270 Å². The first-order valence-electron chi connectivity index (χ1n) is 41.5. The average molecular weight is 1680 g/mol. The number of nitrogens with one attached hydrogen (secondary N) is 9. The number of likely N-dealkylation sites (N-methyl/N-ethyl adjacent to an activating group) is 2. The van der Waals surface area contributed by atoms with Crippen LogP contribution in [0.2, 0.25) is 0 Å². The van der Waals surface area contributed by atoms with Gasteiger partial charge < -0.3 is 72.2 Å². The van der Waals surface area contributed by atoms with Crippen LogP contribution in [0.15, 0.2) is 231 Å². The van der Waals surface area contributed by atoms with Crippen LogP contribution in [0.25, 0.3) is 90.9 Å². The number of H-pyrrole nitrogens is 2. The molecule has 7 aromatic carbocycles. The van der Waals surface area contributed by atoms with Crippen LogP contribution in [0.3, 0.4) is 0 Å². The summed E-state index contributed by atoms with van der Waals surface area (Å²) in [6.07, 6.45) is 5.71. The van der Waals surface area contributed by atoms with Crippen molar-refractivity contribution in [2.45, 2.75) is 90.1 Å². The fourth-order valence-electron chi connectivity index (χ4n) is 14.5. The van der Waals surface area contributed by atoms with Crippen LogP contribution in [0.1, 0.15) is 91.8 Å². The van der Waals surface area contributed by atoms with Gasteiger partial charge in [-0.3, -0.25) is 48.1 Å². The van der Waals surface area contributed by atoms with E-state index in [1.54, 1.807) is 84.9 Å². The number of aromatic amines is 2. The van der Waals surface area contributed by atoms with E-state index in [0.29, 0.717) is 39.5 Å². The van der Waals surface area contributed by atoms with Crippen LogP contribution in [0.5, 0.6) is 0 Å². The third-order valence-electron chi connectivity index (χ3n) is 20.7. The lowest BCUT2D eigenvalue weighted by Gasteiger charge is -2.31. The quantitative estimate of drug-likeness (QED) is 0.0162. The maximum Gasteiger partial charge on any atom is 0.410 e. The number of aromatic nitrogens is 4. The van der Waals surface area contributed by atoms with Crippen LogP contribution in [-0.4, -0.2) is 178 Å². The van der Waals surface area contributed by atoms with Gasteiger partial charge >= 0.3 is 12.2 Å². The Morgan fingerprint density at radius 2 is 0.824 bits per heavy atom. The molecule has 0 saturated carbocycles. The van der Waals surface area contributed by atoms with E-state index in [-0.39, 0.29) is 71.0 Å². The molecule has 8 bridgehead atoms. The van der Waals surface area contributed by atoms with E-state index in [9.17, 15) is 52.7 Å². The number of unbranched alkanes of at least 4 members (excludes halogenated alkanes) is 1. The molecule has 0 fully saturated rings. The molecule has 0 spiro atoms. The predicted molar refractivity (Wildman–Crippen MR) is 481 cm³/mol. The minimum Gasteiger partial charge on any atom is -0.445 e. The van der Waals surface area contributed by atoms with E-state index in [4.69, 9.17) is 25.2 Å². The Bertz CT molecular complexity index is 5700. The Morgan fingerprint density at radius 3 is 1.28 bits per heavy atom. The summed E-state index contributed by atoms with van der Waals surface area (Å²) < 4.78 is 10.8. The number of nitrogens with zero attached hydrogens (tertiary/aromatic N) is 5. The SMILES string of the molecule is CC(C)C[C@H](NC(=O)[C@H](Cc1ccccc1)NC(=O)CNC(=O)[C@H](CCCCN)N(C(=O)CCC(=O)Nc1ccc(-c2c3nc(c(-c4ccccc4)c4ccc([nH]4)c(-c4ccccc4)c4nc(c(-c5ccccc5)c5ccc2[nH]5)C=C4)C=C3)cc1)C(=O)CN(C)C(=O)OCc1ccccc1)C(=O)NCC(=O)NCCNC(=O)CN(C)C(=O)OCc1ccccc1. The van der Waals surface area contributed by atoms with Crippen molar-refractivity contribution in [2.75, 3.05) is 65.2 Å². The summed E-state index contributed by atoms with van der Waals surface area (Å²) in [4.78, 5) is 174. The number of nitrogens with two attached hydrogens (primary N) is 1. The highest BCUT2D eigenvalue weighted by Gasteiger charge is 2.37. The normalized spacial score (nSPS) is 12.0. The number of ether oxygens (including phenoxy) is 2. The third kappa shape index (κ3) is 24.9. The van der Waals surface area contributed by atoms with Gasteiger partial charge in [0.05, 0.1) is 35.9 Å². The summed E-state index contributed by atoms with van der Waals surface area (Å²) >= 11 is 0. The first-order valence-corrected chi connectivity index (χ1v) is 41.5. The van der Waals surface area contributed by atoms with E-state index in [2.05, 4.69) is 95.7 Å². The van der Waals surface area contributed by atoms with E-state index >= 15 is 0 Å². The standard InChI is InChI=1S/C97H101N15O13/c1-63(2)55-80(93(119)101-57-84(114)99-53-54-100-86(116)59-110(3)96(122)124-61-65-27-13-6-14-28-65)109-94(120)81(56-64-25-11-5-12-26-64)108-85(115)58-102-95(121)82(37-23-24-52-98)112(88(118)60-111(4)97(123)125-62-66-29-15-7-16-30-66)87(117)51-50-83(113)103-71-40-38-70(39-41-71)92-78-48-46-76(106-78)90(68-33-19-9-20-34-68)74-44-42-72(104-74)89(67-31-17-8-18-32-67)73-43-45-75(105-73)91(69-35-21-10-22-36-69)77-47-49-79(92)107-77/h5-22,25-36,38-49,63,80-82,104,107H,23-24,37,50-62,98H2,1-4H3,(H,99,114)(H,100,116)(H,101,119)(H,102,121)(H,103,113)(H,108,115)(H,109,120)/t80-,81-,82-/m0/s1. The molecular formula is C97H101N15O13. The van der Waals surface area contributed by atoms with Crippen molar-refractivity contribution in [1.82, 2.24) is 66.5 Å². The lowest BCUT2D eigenvalue weighted by Crippen LogP contribution is -2.57. The minimum atomic E-state index is -1.64. The number of carbonyl (C=O) groups excluding carboxylic acids is 11. The fraction of sp³-hybridized carbons (Fsp3) is 0.247. The van der Waals surface area contributed by atoms with Crippen molar-refractivity contribution < 1.29 is 62.2 Å². The minimum absolute atomic E-state index is 0.00919. The van der Waals surface area contributed by atoms with E-state index in [1.807, 2.05) is 135 Å². The summed E-state index contributed by atoms with van der Waals surface area (Å²) in [6, 6.07) is 68.0. The van der Waals surface area contributed by atoms with Gasteiger partial charge in [0.25, 0.3) is 0 Å². The fourth-order valence-corrected chi connectivity index (χ4v) is 14.5. The highest BCUT2D eigenvalue weighted by molar-refractivity contribution is 6.05. The largest absolute Gasteiger partial charge is 0.445 e. The smallest absolute Gasteiger partial charge is 0.410 e. The molecular weight excluding hydrogens is 1580 g/mol. The maximum absolute atomic E-state index is 15.0. The number of amides is 11. The zero-order chi connectivity index (χ0) is 88.1. The molecule has 11 N–H and O–H groups in total. The Hall–Kier alpha value is -14.9. The number of imide groups is 1. The van der Waals surface area contributed by atoms with E-state index in [0.717, 1.165) is 93.3 Å². The molecule has 0 saturated heterocycles.